The minimum Gasteiger partial charge on any atom is -0.207 e. The van der Waals surface area contributed by atoms with Gasteiger partial charge in [-0.3, -0.25) is 0 Å². The molecule has 3 nitrogen and oxygen atoms in total. The van der Waals surface area contributed by atoms with Crippen molar-refractivity contribution in [3.63, 3.8) is 0 Å². The average molecular weight is 444 g/mol. The summed E-state index contributed by atoms with van der Waals surface area (Å²) < 4.78 is 44.5. The number of hydrogen-bond acceptors (Lipinski definition) is 2. The first kappa shape index (κ1) is 23.7. The second-order valence-electron chi connectivity index (χ2n) is 9.63. The first-order valence-electron chi connectivity index (χ1n) is 11.1. The van der Waals surface area contributed by atoms with Gasteiger partial charge in [-0.25, -0.2) is 17.5 Å². The fourth-order valence-corrected chi connectivity index (χ4v) is 6.20. The lowest BCUT2D eigenvalue weighted by Gasteiger charge is -2.28. The number of halogens is 1. The summed E-state index contributed by atoms with van der Waals surface area (Å²) in [5.74, 6) is 0.0598. The van der Waals surface area contributed by atoms with Crippen LogP contribution in [-0.4, -0.2) is 8.42 Å². The van der Waals surface area contributed by atoms with Crippen LogP contribution >= 0.6 is 0 Å². The van der Waals surface area contributed by atoms with E-state index in [0.29, 0.717) is 22.8 Å². The number of rotatable bonds is 6. The Morgan fingerprint density at radius 3 is 2.03 bits per heavy atom. The largest absolute Gasteiger partial charge is 0.241 e. The highest BCUT2D eigenvalue weighted by Gasteiger charge is 2.31. The Kier molecular flexibility index (Phi) is 6.78. The zero-order valence-electron chi connectivity index (χ0n) is 19.6. The molecule has 2 aromatic rings. The molecule has 31 heavy (non-hydrogen) atoms. The first-order valence-corrected chi connectivity index (χ1v) is 12.6. The molecule has 168 valence electrons. The third kappa shape index (κ3) is 4.93. The lowest BCUT2D eigenvalue weighted by atomic mass is 9.89. The SMILES string of the molecule is CC1=Cc2ccc(F)cc2C(NS(=O)(=O)c2c(C(C)C)cc(C(C)C)cc2C(C)C)C1. The predicted octanol–water partition coefficient (Wildman–Crippen LogP) is 7.02. The normalized spacial score (nSPS) is 16.7. The molecule has 0 aliphatic heterocycles. The van der Waals surface area contributed by atoms with E-state index in [2.05, 4.69) is 18.6 Å². The van der Waals surface area contributed by atoms with Gasteiger partial charge in [0.25, 0.3) is 0 Å². The molecule has 1 atom stereocenters. The second-order valence-corrected chi connectivity index (χ2v) is 11.3. The first-order chi connectivity index (χ1) is 14.4. The van der Waals surface area contributed by atoms with Crippen LogP contribution in [0.3, 0.4) is 0 Å². The van der Waals surface area contributed by atoms with Gasteiger partial charge >= 0.3 is 0 Å². The Morgan fingerprint density at radius 2 is 1.52 bits per heavy atom. The van der Waals surface area contributed by atoms with Gasteiger partial charge in [0.05, 0.1) is 10.9 Å². The Balaban J connectivity index is 2.15. The molecule has 0 spiro atoms. The zero-order chi connectivity index (χ0) is 23.1. The van der Waals surface area contributed by atoms with Gasteiger partial charge in [0, 0.05) is 0 Å². The summed E-state index contributed by atoms with van der Waals surface area (Å²) in [6.07, 6.45) is 2.52. The highest BCUT2D eigenvalue weighted by molar-refractivity contribution is 7.89. The highest BCUT2D eigenvalue weighted by Crippen LogP contribution is 2.38. The molecular formula is C26H34FNO2S. The average Bonchev–Trinajstić information content (AvgIpc) is 2.66. The summed E-state index contributed by atoms with van der Waals surface area (Å²) in [7, 11) is -3.83. The zero-order valence-corrected chi connectivity index (χ0v) is 20.4. The lowest BCUT2D eigenvalue weighted by molar-refractivity contribution is 0.545. The molecule has 0 radical (unpaired) electrons. The minimum atomic E-state index is -3.83. The van der Waals surface area contributed by atoms with Crippen LogP contribution in [0.4, 0.5) is 4.39 Å². The van der Waals surface area contributed by atoms with E-state index in [9.17, 15) is 12.8 Å². The standard InChI is InChI=1S/C26H34FNO2S/c1-15(2)20-12-22(16(3)4)26(23(13-20)17(5)6)31(29,30)28-25-11-18(7)10-19-8-9-21(27)14-24(19)25/h8-10,12-17,25,28H,11H2,1-7H3. The molecule has 2 aromatic carbocycles. The van der Waals surface area contributed by atoms with Crippen LogP contribution in [0.2, 0.25) is 0 Å². The monoisotopic (exact) mass is 443 g/mol. The smallest absolute Gasteiger partial charge is 0.207 e. The third-order valence-electron chi connectivity index (χ3n) is 6.00. The topological polar surface area (TPSA) is 46.2 Å². The molecule has 3 rings (SSSR count). The van der Waals surface area contributed by atoms with Crippen molar-refractivity contribution < 1.29 is 12.8 Å². The highest BCUT2D eigenvalue weighted by atomic mass is 32.2. The predicted molar refractivity (Wildman–Crippen MR) is 126 cm³/mol. The molecule has 1 aliphatic rings. The van der Waals surface area contributed by atoms with Crippen molar-refractivity contribution in [2.24, 2.45) is 0 Å². The van der Waals surface area contributed by atoms with Gasteiger partial charge in [-0.2, -0.15) is 0 Å². The molecule has 0 saturated carbocycles. The second kappa shape index (κ2) is 8.87. The van der Waals surface area contributed by atoms with Crippen molar-refractivity contribution in [3.05, 3.63) is 69.5 Å². The van der Waals surface area contributed by atoms with Crippen LogP contribution in [0.1, 0.15) is 106 Å². The van der Waals surface area contributed by atoms with Gasteiger partial charge in [-0.15, -0.1) is 0 Å². The number of hydrogen-bond donors (Lipinski definition) is 1. The molecular weight excluding hydrogens is 409 g/mol. The van der Waals surface area contributed by atoms with Gasteiger partial charge in [0.1, 0.15) is 5.82 Å². The van der Waals surface area contributed by atoms with Crippen LogP contribution in [0.15, 0.2) is 40.8 Å². The van der Waals surface area contributed by atoms with E-state index in [1.807, 2.05) is 52.8 Å². The number of fused-ring (bicyclic) bond motifs is 1. The maximum Gasteiger partial charge on any atom is 0.241 e. The molecule has 1 aliphatic carbocycles. The third-order valence-corrected chi connectivity index (χ3v) is 7.60. The van der Waals surface area contributed by atoms with E-state index in [4.69, 9.17) is 0 Å². The van der Waals surface area contributed by atoms with Crippen molar-refractivity contribution in [1.29, 1.82) is 0 Å². The van der Waals surface area contributed by atoms with Gasteiger partial charge < -0.3 is 0 Å². The van der Waals surface area contributed by atoms with Crippen molar-refractivity contribution in [3.8, 4) is 0 Å². The summed E-state index contributed by atoms with van der Waals surface area (Å²) in [6.45, 7) is 14.3. The molecule has 0 saturated heterocycles. The summed E-state index contributed by atoms with van der Waals surface area (Å²) in [6, 6.07) is 8.15. The number of benzene rings is 2. The van der Waals surface area contributed by atoms with E-state index >= 15 is 0 Å². The Bertz CT molecular complexity index is 1090. The minimum absolute atomic E-state index is 0.0560. The fourth-order valence-electron chi connectivity index (χ4n) is 4.29. The van der Waals surface area contributed by atoms with E-state index < -0.39 is 16.1 Å². The van der Waals surface area contributed by atoms with Crippen molar-refractivity contribution >= 4 is 16.1 Å². The quantitative estimate of drug-likeness (QED) is 0.521. The molecule has 5 heteroatoms. The number of nitrogens with one attached hydrogen (secondary N) is 1. The van der Waals surface area contributed by atoms with E-state index in [0.717, 1.165) is 27.8 Å². The van der Waals surface area contributed by atoms with Crippen molar-refractivity contribution in [1.82, 2.24) is 4.72 Å². The van der Waals surface area contributed by atoms with Crippen LogP contribution < -0.4 is 4.72 Å². The number of sulfonamides is 1. The van der Waals surface area contributed by atoms with Gasteiger partial charge in [-0.1, -0.05) is 71.4 Å². The van der Waals surface area contributed by atoms with Crippen LogP contribution in [0.5, 0.6) is 0 Å². The lowest BCUT2D eigenvalue weighted by Crippen LogP contribution is -2.32. The van der Waals surface area contributed by atoms with Gasteiger partial charge in [0.2, 0.25) is 10.0 Å². The summed E-state index contributed by atoms with van der Waals surface area (Å²) in [4.78, 5) is 0.382. The maximum atomic E-state index is 14.0. The van der Waals surface area contributed by atoms with Crippen molar-refractivity contribution in [2.45, 2.75) is 83.6 Å². The van der Waals surface area contributed by atoms with Gasteiger partial charge in [-0.05, 0) is 71.0 Å². The summed E-state index contributed by atoms with van der Waals surface area (Å²) >= 11 is 0. The van der Waals surface area contributed by atoms with Crippen LogP contribution in [0, 0.1) is 5.82 Å². The molecule has 0 aromatic heterocycles. The maximum absolute atomic E-state index is 14.0. The Hall–Kier alpha value is -1.98. The Morgan fingerprint density at radius 1 is 0.935 bits per heavy atom. The van der Waals surface area contributed by atoms with E-state index in [1.54, 1.807) is 6.07 Å². The molecule has 0 fully saturated rings. The summed E-state index contributed by atoms with van der Waals surface area (Å²) in [5, 5.41) is 0. The molecule has 0 heterocycles. The van der Waals surface area contributed by atoms with E-state index in [-0.39, 0.29) is 17.7 Å². The molecule has 0 amide bonds. The molecule has 1 N–H and O–H groups in total. The molecule has 1 unspecified atom stereocenters. The fraction of sp³-hybridized carbons (Fsp3) is 0.462. The Labute approximate surface area is 186 Å². The van der Waals surface area contributed by atoms with Crippen molar-refractivity contribution in [2.75, 3.05) is 0 Å². The molecule has 0 bridgehead atoms. The van der Waals surface area contributed by atoms with Crippen LogP contribution in [-0.2, 0) is 10.0 Å². The van der Waals surface area contributed by atoms with Crippen LogP contribution in [0.25, 0.3) is 6.08 Å². The van der Waals surface area contributed by atoms with Gasteiger partial charge in [0.15, 0.2) is 0 Å². The van der Waals surface area contributed by atoms with E-state index in [1.165, 1.54) is 12.1 Å². The summed E-state index contributed by atoms with van der Waals surface area (Å²) in [5.41, 5.74) is 5.44.